The van der Waals surface area contributed by atoms with Gasteiger partial charge in [-0.25, -0.2) is 4.79 Å². The number of carbonyl (C=O) groups excluding carboxylic acids is 1. The van der Waals surface area contributed by atoms with Gasteiger partial charge in [-0.2, -0.15) is 0 Å². The number of anilines is 1. The lowest BCUT2D eigenvalue weighted by molar-refractivity contribution is -0.147. The minimum atomic E-state index is -0.795. The molecule has 1 fully saturated rings. The van der Waals surface area contributed by atoms with Crippen LogP contribution in [0.2, 0.25) is 5.02 Å². The molecule has 0 heterocycles. The molecule has 0 radical (unpaired) electrons. The zero-order valence-corrected chi connectivity index (χ0v) is 25.2. The molecule has 1 atom stereocenters. The van der Waals surface area contributed by atoms with Crippen LogP contribution in [0.4, 0.5) is 5.69 Å². The number of nitrogens with one attached hydrogen (secondary N) is 1. The Balaban J connectivity index is 1.32. The number of aryl methyl sites for hydroxylation is 1. The van der Waals surface area contributed by atoms with Gasteiger partial charge in [-0.1, -0.05) is 72.1 Å². The number of hydrogen-bond acceptors (Lipinski definition) is 5. The molecule has 41 heavy (non-hydrogen) atoms. The van der Waals surface area contributed by atoms with Crippen molar-refractivity contribution in [1.29, 1.82) is 0 Å². The first kappa shape index (κ1) is 29.2. The van der Waals surface area contributed by atoms with Crippen LogP contribution in [-0.4, -0.2) is 32.3 Å². The Hall–Kier alpha value is -3.28. The van der Waals surface area contributed by atoms with Gasteiger partial charge in [0.2, 0.25) is 0 Å². The topological polar surface area (TPSA) is 56.8 Å². The Morgan fingerprint density at radius 2 is 1.76 bits per heavy atom. The molecule has 2 aliphatic rings. The Morgan fingerprint density at radius 3 is 2.44 bits per heavy atom. The van der Waals surface area contributed by atoms with Crippen LogP contribution in [0.3, 0.4) is 0 Å². The highest BCUT2D eigenvalue weighted by Gasteiger charge is 2.52. The van der Waals surface area contributed by atoms with E-state index in [1.807, 2.05) is 48.5 Å². The van der Waals surface area contributed by atoms with Gasteiger partial charge in [-0.3, -0.25) is 0 Å². The van der Waals surface area contributed by atoms with E-state index in [-0.39, 0.29) is 11.4 Å². The lowest BCUT2D eigenvalue weighted by Gasteiger charge is -2.46. The van der Waals surface area contributed by atoms with Crippen molar-refractivity contribution in [2.24, 2.45) is 5.92 Å². The van der Waals surface area contributed by atoms with Crippen LogP contribution >= 0.6 is 11.6 Å². The number of methoxy groups -OCH3 is 2. The summed E-state index contributed by atoms with van der Waals surface area (Å²) in [6.07, 6.45) is 6.40. The zero-order valence-electron chi connectivity index (χ0n) is 24.5. The summed E-state index contributed by atoms with van der Waals surface area (Å²) in [6, 6.07) is 22.4. The van der Waals surface area contributed by atoms with E-state index in [1.165, 1.54) is 29.4 Å². The minimum Gasteiger partial charge on any atom is -0.497 e. The number of esters is 1. The molecular weight excluding hydrogens is 534 g/mol. The number of benzene rings is 3. The third kappa shape index (κ3) is 6.17. The van der Waals surface area contributed by atoms with Gasteiger partial charge in [0.25, 0.3) is 0 Å². The number of ether oxygens (including phenoxy) is 3. The maximum atomic E-state index is 13.2. The van der Waals surface area contributed by atoms with Crippen LogP contribution in [-0.2, 0) is 26.3 Å². The molecule has 0 saturated heterocycles. The Kier molecular flexibility index (Phi) is 8.77. The van der Waals surface area contributed by atoms with Crippen LogP contribution in [0.1, 0.15) is 61.3 Å². The Morgan fingerprint density at radius 1 is 1.00 bits per heavy atom. The first-order valence-electron chi connectivity index (χ1n) is 14.4. The van der Waals surface area contributed by atoms with Crippen molar-refractivity contribution in [1.82, 2.24) is 0 Å². The van der Waals surface area contributed by atoms with Gasteiger partial charge in [-0.15, -0.1) is 0 Å². The van der Waals surface area contributed by atoms with Gasteiger partial charge >= 0.3 is 5.97 Å². The molecule has 0 aromatic heterocycles. The third-order valence-electron chi connectivity index (χ3n) is 8.81. The highest BCUT2D eigenvalue weighted by Crippen LogP contribution is 2.55. The van der Waals surface area contributed by atoms with Crippen molar-refractivity contribution in [3.05, 3.63) is 99.6 Å². The number of rotatable bonds is 10. The normalized spacial score (nSPS) is 22.1. The first-order valence-corrected chi connectivity index (χ1v) is 14.8. The summed E-state index contributed by atoms with van der Waals surface area (Å²) in [4.78, 5) is 13.2. The average molecular weight is 574 g/mol. The standard InChI is InChI=1S/C35H40ClNO4/c1-24-8-13-32-27(18-24)20-28(19-25(2)22-41-23-26-9-11-31(39-3)12-10-26)34(32)14-16-35(17-15-34,33(38)40-4)37-30-7-5-6-29(36)21-30/h5-13,18,20-21,25,37H,14-17,19,22-23H2,1-4H3/t25-,34?,35?/m1/s1. The third-order valence-corrected chi connectivity index (χ3v) is 9.04. The molecule has 3 aromatic rings. The van der Waals surface area contributed by atoms with E-state index < -0.39 is 5.54 Å². The van der Waals surface area contributed by atoms with Crippen molar-refractivity contribution < 1.29 is 19.0 Å². The van der Waals surface area contributed by atoms with Gasteiger partial charge in [-0.05, 0) is 92.0 Å². The van der Waals surface area contributed by atoms with E-state index >= 15 is 0 Å². The van der Waals surface area contributed by atoms with Crippen LogP contribution in [0.25, 0.3) is 6.08 Å². The molecule has 0 unspecified atom stereocenters. The second kappa shape index (κ2) is 12.3. The molecule has 3 aromatic carbocycles. The highest BCUT2D eigenvalue weighted by molar-refractivity contribution is 6.30. The summed E-state index contributed by atoms with van der Waals surface area (Å²) >= 11 is 6.26. The smallest absolute Gasteiger partial charge is 0.331 e. The number of carbonyl (C=O) groups is 1. The summed E-state index contributed by atoms with van der Waals surface area (Å²) < 4.78 is 16.7. The molecule has 1 N–H and O–H groups in total. The largest absolute Gasteiger partial charge is 0.497 e. The first-order chi connectivity index (χ1) is 19.8. The minimum absolute atomic E-state index is 0.0964. The molecule has 216 valence electrons. The van der Waals surface area contributed by atoms with Crippen LogP contribution in [0, 0.1) is 12.8 Å². The molecule has 0 bridgehead atoms. The van der Waals surface area contributed by atoms with Crippen molar-refractivity contribution in [2.75, 3.05) is 26.1 Å². The van der Waals surface area contributed by atoms with E-state index in [1.54, 1.807) is 7.11 Å². The molecule has 0 aliphatic heterocycles. The average Bonchev–Trinajstić information content (AvgIpc) is 3.25. The molecule has 1 spiro atoms. The van der Waals surface area contributed by atoms with Crippen molar-refractivity contribution in [3.8, 4) is 5.75 Å². The van der Waals surface area contributed by atoms with Crippen molar-refractivity contribution >= 4 is 29.3 Å². The predicted molar refractivity (Wildman–Crippen MR) is 166 cm³/mol. The molecule has 0 amide bonds. The summed E-state index contributed by atoms with van der Waals surface area (Å²) in [5, 5.41) is 4.16. The fourth-order valence-corrected chi connectivity index (χ4v) is 6.83. The van der Waals surface area contributed by atoms with Gasteiger partial charge in [0, 0.05) is 22.7 Å². The van der Waals surface area contributed by atoms with Crippen LogP contribution in [0.5, 0.6) is 5.75 Å². The SMILES string of the molecule is COC(=O)C1(Nc2cccc(Cl)c2)CCC2(CC1)C(C[C@@H](C)COCc1ccc(OC)cc1)=Cc1cc(C)ccc12. The van der Waals surface area contributed by atoms with E-state index in [9.17, 15) is 4.79 Å². The van der Waals surface area contributed by atoms with E-state index in [4.69, 9.17) is 25.8 Å². The number of allylic oxidation sites excluding steroid dienone is 1. The van der Waals surface area contributed by atoms with Gasteiger partial charge in [0.05, 0.1) is 20.8 Å². The summed E-state index contributed by atoms with van der Waals surface area (Å²) in [7, 11) is 3.15. The fourth-order valence-electron chi connectivity index (χ4n) is 6.64. The van der Waals surface area contributed by atoms with E-state index in [0.717, 1.165) is 36.3 Å². The van der Waals surface area contributed by atoms with Crippen LogP contribution in [0.15, 0.2) is 72.3 Å². The summed E-state index contributed by atoms with van der Waals surface area (Å²) in [5.74, 6) is 0.978. The number of halogens is 1. The second-order valence-corrected chi connectivity index (χ2v) is 12.2. The lowest BCUT2D eigenvalue weighted by atomic mass is 9.61. The molecule has 1 saturated carbocycles. The summed E-state index contributed by atoms with van der Waals surface area (Å²) in [6.45, 7) is 5.66. The number of hydrogen-bond donors (Lipinski definition) is 1. The monoisotopic (exact) mass is 573 g/mol. The molecule has 2 aliphatic carbocycles. The summed E-state index contributed by atoms with van der Waals surface area (Å²) in [5.41, 5.74) is 6.47. The maximum absolute atomic E-state index is 13.2. The fraction of sp³-hybridized carbons (Fsp3) is 0.400. The Labute approximate surface area is 248 Å². The maximum Gasteiger partial charge on any atom is 0.331 e. The van der Waals surface area contributed by atoms with E-state index in [0.29, 0.717) is 37.0 Å². The molecule has 6 heteroatoms. The van der Waals surface area contributed by atoms with Gasteiger partial charge < -0.3 is 19.5 Å². The van der Waals surface area contributed by atoms with Crippen LogP contribution < -0.4 is 10.1 Å². The van der Waals surface area contributed by atoms with Gasteiger partial charge in [0.1, 0.15) is 11.3 Å². The van der Waals surface area contributed by atoms with Gasteiger partial charge in [0.15, 0.2) is 0 Å². The number of fused-ring (bicyclic) bond motifs is 2. The zero-order chi connectivity index (χ0) is 29.0. The quantitative estimate of drug-likeness (QED) is 0.248. The lowest BCUT2D eigenvalue weighted by Crippen LogP contribution is -2.52. The van der Waals surface area contributed by atoms with Crippen molar-refractivity contribution in [2.45, 2.75) is 63.5 Å². The molecule has 5 nitrogen and oxygen atoms in total. The van der Waals surface area contributed by atoms with Crippen molar-refractivity contribution in [3.63, 3.8) is 0 Å². The molecule has 5 rings (SSSR count). The van der Waals surface area contributed by atoms with E-state index in [2.05, 4.69) is 43.4 Å². The second-order valence-electron chi connectivity index (χ2n) is 11.7. The molecular formula is C35H40ClNO4. The Bertz CT molecular complexity index is 1410. The predicted octanol–water partition coefficient (Wildman–Crippen LogP) is 8.13. The highest BCUT2D eigenvalue weighted by atomic mass is 35.5.